The molecule has 24 heavy (non-hydrogen) atoms. The molecular weight excluding hydrogens is 346 g/mol. The summed E-state index contributed by atoms with van der Waals surface area (Å²) in [5.41, 5.74) is 3.04. The van der Waals surface area contributed by atoms with E-state index in [1.165, 1.54) is 24.4 Å². The number of nitrogens with one attached hydrogen (secondary N) is 1. The lowest BCUT2D eigenvalue weighted by Crippen LogP contribution is -2.45. The van der Waals surface area contributed by atoms with E-state index in [9.17, 15) is 9.59 Å². The Labute approximate surface area is 148 Å². The number of ether oxygens (including phenoxy) is 1. The van der Waals surface area contributed by atoms with Crippen LogP contribution in [0.4, 0.5) is 0 Å². The van der Waals surface area contributed by atoms with Crippen molar-refractivity contribution in [3.8, 4) is 0 Å². The maximum absolute atomic E-state index is 12.4. The molecule has 0 spiro atoms. The molecule has 1 aliphatic heterocycles. The maximum atomic E-state index is 12.4. The lowest BCUT2D eigenvalue weighted by Gasteiger charge is -2.30. The Hall–Kier alpha value is -1.67. The highest BCUT2D eigenvalue weighted by Gasteiger charge is 2.29. The van der Waals surface area contributed by atoms with Gasteiger partial charge in [0.1, 0.15) is 5.25 Å². The van der Waals surface area contributed by atoms with Gasteiger partial charge in [-0.15, -0.1) is 11.8 Å². The fourth-order valence-corrected chi connectivity index (χ4v) is 4.46. The Morgan fingerprint density at radius 2 is 2.33 bits per heavy atom. The predicted molar refractivity (Wildman–Crippen MR) is 96.4 cm³/mol. The summed E-state index contributed by atoms with van der Waals surface area (Å²) in [4.78, 5) is 33.5. The molecule has 0 bridgehead atoms. The van der Waals surface area contributed by atoms with E-state index in [4.69, 9.17) is 4.74 Å². The molecule has 2 heterocycles. The third-order valence-electron chi connectivity index (χ3n) is 3.83. The number of rotatable bonds is 4. The van der Waals surface area contributed by atoms with Gasteiger partial charge < -0.3 is 14.6 Å². The summed E-state index contributed by atoms with van der Waals surface area (Å²) in [6.45, 7) is 3.11. The molecule has 1 aromatic heterocycles. The van der Waals surface area contributed by atoms with Crippen LogP contribution in [0.3, 0.4) is 0 Å². The van der Waals surface area contributed by atoms with Crippen LogP contribution in [0.25, 0.3) is 11.0 Å². The molecule has 0 radical (unpaired) electrons. The molecule has 1 aromatic carbocycles. The van der Waals surface area contributed by atoms with Crippen LogP contribution in [0.2, 0.25) is 0 Å². The molecule has 128 valence electrons. The third kappa shape index (κ3) is 3.87. The second-order valence-corrected chi connectivity index (χ2v) is 7.85. The van der Waals surface area contributed by atoms with Crippen molar-refractivity contribution in [2.45, 2.75) is 17.3 Å². The van der Waals surface area contributed by atoms with Crippen molar-refractivity contribution in [3.05, 3.63) is 23.8 Å². The predicted octanol–water partition coefficient (Wildman–Crippen LogP) is 2.08. The van der Waals surface area contributed by atoms with E-state index in [1.807, 2.05) is 25.1 Å². The molecule has 0 aliphatic carbocycles. The number of amides is 1. The van der Waals surface area contributed by atoms with Crippen LogP contribution < -0.4 is 0 Å². The molecular formula is C16H19N3O3S2. The van der Waals surface area contributed by atoms with Crippen LogP contribution >= 0.6 is 23.5 Å². The molecule has 1 atom stereocenters. The van der Waals surface area contributed by atoms with Crippen LogP contribution in [0.5, 0.6) is 0 Å². The van der Waals surface area contributed by atoms with E-state index in [0.717, 1.165) is 21.9 Å². The number of methoxy groups -OCH3 is 1. The Bertz CT molecular complexity index is 762. The van der Waals surface area contributed by atoms with Crippen molar-refractivity contribution in [1.82, 2.24) is 14.9 Å². The van der Waals surface area contributed by atoms with Gasteiger partial charge in [-0.1, -0.05) is 17.8 Å². The number of thioether (sulfide) groups is 2. The van der Waals surface area contributed by atoms with Gasteiger partial charge in [0.2, 0.25) is 5.91 Å². The van der Waals surface area contributed by atoms with Crippen molar-refractivity contribution in [1.29, 1.82) is 0 Å². The van der Waals surface area contributed by atoms with Gasteiger partial charge in [0.15, 0.2) is 5.16 Å². The first kappa shape index (κ1) is 17.2. The molecule has 6 nitrogen and oxygen atoms in total. The number of esters is 1. The Morgan fingerprint density at radius 3 is 3.12 bits per heavy atom. The number of carbonyl (C=O) groups is 2. The van der Waals surface area contributed by atoms with Crippen LogP contribution in [-0.2, 0) is 14.3 Å². The van der Waals surface area contributed by atoms with Gasteiger partial charge in [0.25, 0.3) is 0 Å². The highest BCUT2D eigenvalue weighted by Crippen LogP contribution is 2.23. The molecule has 0 saturated carbocycles. The zero-order chi connectivity index (χ0) is 17.1. The van der Waals surface area contributed by atoms with Gasteiger partial charge in [0.05, 0.1) is 23.9 Å². The summed E-state index contributed by atoms with van der Waals surface area (Å²) >= 11 is 2.93. The standard InChI is InChI=1S/C16H19N3O3S2/c1-10-3-4-11-12(7-10)18-16(17-11)24-9-14(20)19-5-6-23-13(8-19)15(21)22-2/h3-4,7,13H,5-6,8-9H2,1-2H3,(H,17,18)/t13-/m1/s1. The van der Waals surface area contributed by atoms with Gasteiger partial charge in [-0.3, -0.25) is 9.59 Å². The molecule has 1 aliphatic rings. The lowest BCUT2D eigenvalue weighted by atomic mass is 10.2. The normalized spacial score (nSPS) is 17.9. The quantitative estimate of drug-likeness (QED) is 0.660. The molecule has 1 N–H and O–H groups in total. The first-order valence-electron chi connectivity index (χ1n) is 7.63. The number of aromatic nitrogens is 2. The minimum absolute atomic E-state index is 0.0193. The number of hydrogen-bond donors (Lipinski definition) is 1. The Kier molecular flexibility index (Phi) is 5.35. The summed E-state index contributed by atoms with van der Waals surface area (Å²) in [5, 5.41) is 0.451. The molecule has 0 unspecified atom stereocenters. The van der Waals surface area contributed by atoms with Crippen LogP contribution in [-0.4, -0.2) is 63.7 Å². The average molecular weight is 365 g/mol. The number of aryl methyl sites for hydroxylation is 1. The van der Waals surface area contributed by atoms with E-state index in [1.54, 1.807) is 16.7 Å². The van der Waals surface area contributed by atoms with Gasteiger partial charge in [-0.25, -0.2) is 4.98 Å². The number of nitrogens with zero attached hydrogens (tertiary/aromatic N) is 2. The number of carbonyl (C=O) groups excluding carboxylic acids is 2. The minimum Gasteiger partial charge on any atom is -0.468 e. The second-order valence-electron chi connectivity index (χ2n) is 5.57. The van der Waals surface area contributed by atoms with Crippen molar-refractivity contribution in [3.63, 3.8) is 0 Å². The summed E-state index contributed by atoms with van der Waals surface area (Å²) < 4.78 is 4.77. The van der Waals surface area contributed by atoms with E-state index in [-0.39, 0.29) is 17.1 Å². The summed E-state index contributed by atoms with van der Waals surface area (Å²) in [6, 6.07) is 6.02. The summed E-state index contributed by atoms with van der Waals surface area (Å²) in [5.74, 6) is 0.806. The monoisotopic (exact) mass is 365 g/mol. The van der Waals surface area contributed by atoms with Crippen molar-refractivity contribution in [2.75, 3.05) is 31.7 Å². The number of benzene rings is 1. The maximum Gasteiger partial charge on any atom is 0.320 e. The Morgan fingerprint density at radius 1 is 1.50 bits per heavy atom. The smallest absolute Gasteiger partial charge is 0.320 e. The average Bonchev–Trinajstić information content (AvgIpc) is 3.01. The molecule has 2 aromatic rings. The highest BCUT2D eigenvalue weighted by atomic mass is 32.2. The van der Waals surface area contributed by atoms with Crippen molar-refractivity contribution >= 4 is 46.4 Å². The van der Waals surface area contributed by atoms with E-state index in [2.05, 4.69) is 9.97 Å². The largest absolute Gasteiger partial charge is 0.468 e. The van der Waals surface area contributed by atoms with Gasteiger partial charge >= 0.3 is 5.97 Å². The van der Waals surface area contributed by atoms with Crippen LogP contribution in [0.1, 0.15) is 5.56 Å². The fourth-order valence-electron chi connectivity index (χ4n) is 2.54. The number of hydrogen-bond acceptors (Lipinski definition) is 6. The summed E-state index contributed by atoms with van der Waals surface area (Å²) in [6.07, 6.45) is 0. The first-order valence-corrected chi connectivity index (χ1v) is 9.66. The third-order valence-corrected chi connectivity index (χ3v) is 5.85. The van der Waals surface area contributed by atoms with E-state index < -0.39 is 0 Å². The lowest BCUT2D eigenvalue weighted by molar-refractivity contribution is -0.141. The number of aromatic amines is 1. The van der Waals surface area contributed by atoms with Crippen molar-refractivity contribution < 1.29 is 14.3 Å². The first-order chi connectivity index (χ1) is 11.6. The van der Waals surface area contributed by atoms with Gasteiger partial charge in [-0.2, -0.15) is 0 Å². The molecule has 8 heteroatoms. The fraction of sp³-hybridized carbons (Fsp3) is 0.438. The Balaban J connectivity index is 1.59. The number of imidazole rings is 1. The van der Waals surface area contributed by atoms with Gasteiger partial charge in [-0.05, 0) is 24.6 Å². The highest BCUT2D eigenvalue weighted by molar-refractivity contribution is 8.00. The van der Waals surface area contributed by atoms with Crippen molar-refractivity contribution in [2.24, 2.45) is 0 Å². The zero-order valence-electron chi connectivity index (χ0n) is 13.6. The number of H-pyrrole nitrogens is 1. The number of fused-ring (bicyclic) bond motifs is 1. The van der Waals surface area contributed by atoms with Gasteiger partial charge in [0, 0.05) is 18.8 Å². The second kappa shape index (κ2) is 7.48. The van der Waals surface area contributed by atoms with E-state index in [0.29, 0.717) is 18.8 Å². The zero-order valence-corrected chi connectivity index (χ0v) is 15.2. The molecule has 1 fully saturated rings. The SMILES string of the molecule is COC(=O)[C@H]1CN(C(=O)CSc2nc3ccc(C)cc3[nH]2)CCS1. The minimum atomic E-state index is -0.285. The molecule has 1 amide bonds. The van der Waals surface area contributed by atoms with Crippen LogP contribution in [0.15, 0.2) is 23.4 Å². The van der Waals surface area contributed by atoms with E-state index >= 15 is 0 Å². The molecule has 1 saturated heterocycles. The molecule has 3 rings (SSSR count). The summed E-state index contributed by atoms with van der Waals surface area (Å²) in [7, 11) is 1.38. The van der Waals surface area contributed by atoms with Crippen LogP contribution in [0, 0.1) is 6.92 Å². The topological polar surface area (TPSA) is 75.3 Å².